The average Bonchev–Trinajstić information content (AvgIpc) is 2.66. The summed E-state index contributed by atoms with van der Waals surface area (Å²) in [6, 6.07) is 14.2. The Kier molecular flexibility index (Phi) is 5.88. The number of aromatic nitrogens is 2. The van der Waals surface area contributed by atoms with E-state index in [4.69, 9.17) is 16.3 Å². The monoisotopic (exact) mass is 382 g/mol. The lowest BCUT2D eigenvalue weighted by molar-refractivity contribution is 0.102. The molecule has 2 aromatic carbocycles. The first-order valence-corrected chi connectivity index (χ1v) is 8.83. The van der Waals surface area contributed by atoms with Gasteiger partial charge in [-0.05, 0) is 67.9 Å². The summed E-state index contributed by atoms with van der Waals surface area (Å²) in [6.45, 7) is 4.44. The number of carbonyl (C=O) groups is 1. The number of halogens is 1. The van der Waals surface area contributed by atoms with E-state index in [9.17, 15) is 4.79 Å². The van der Waals surface area contributed by atoms with Crippen LogP contribution in [0.3, 0.4) is 0 Å². The number of nitrogens with zero attached hydrogens (tertiary/aromatic N) is 2. The van der Waals surface area contributed by atoms with Crippen molar-refractivity contribution in [3.8, 4) is 5.75 Å². The largest absolute Gasteiger partial charge is 0.494 e. The zero-order valence-electron chi connectivity index (χ0n) is 15.0. The number of carbonyl (C=O) groups excluding carboxylic acids is 1. The van der Waals surface area contributed by atoms with E-state index in [1.54, 1.807) is 36.4 Å². The van der Waals surface area contributed by atoms with E-state index in [0.29, 0.717) is 23.3 Å². The first-order chi connectivity index (χ1) is 13.0. The Morgan fingerprint density at radius 2 is 1.93 bits per heavy atom. The molecule has 0 aliphatic rings. The molecule has 1 aromatic heterocycles. The molecule has 0 spiro atoms. The van der Waals surface area contributed by atoms with Gasteiger partial charge in [0.05, 0.1) is 6.61 Å². The lowest BCUT2D eigenvalue weighted by atomic mass is 10.2. The number of rotatable bonds is 6. The van der Waals surface area contributed by atoms with Gasteiger partial charge in [0.15, 0.2) is 0 Å². The van der Waals surface area contributed by atoms with Gasteiger partial charge in [0.2, 0.25) is 5.95 Å². The Balaban J connectivity index is 1.71. The highest BCUT2D eigenvalue weighted by molar-refractivity contribution is 6.30. The first-order valence-electron chi connectivity index (χ1n) is 8.45. The number of hydrogen-bond donors (Lipinski definition) is 2. The predicted octanol–water partition coefficient (Wildman–Crippen LogP) is 4.83. The van der Waals surface area contributed by atoms with Crippen molar-refractivity contribution < 1.29 is 9.53 Å². The van der Waals surface area contributed by atoms with Crippen LogP contribution >= 0.6 is 11.6 Å². The zero-order chi connectivity index (χ0) is 19.2. The van der Waals surface area contributed by atoms with Gasteiger partial charge in [-0.15, -0.1) is 0 Å². The van der Waals surface area contributed by atoms with Crippen LogP contribution in [0, 0.1) is 6.92 Å². The van der Waals surface area contributed by atoms with E-state index in [2.05, 4.69) is 20.6 Å². The second kappa shape index (κ2) is 8.51. The fraction of sp³-hybridized carbons (Fsp3) is 0.150. The van der Waals surface area contributed by atoms with Crippen LogP contribution in [0.4, 0.5) is 17.3 Å². The van der Waals surface area contributed by atoms with Gasteiger partial charge >= 0.3 is 0 Å². The molecule has 1 amide bonds. The molecule has 1 heterocycles. The SMILES string of the molecule is CCOc1ccc(NC(=O)c2ccnc(Nc3ccc(Cl)cc3C)n2)cc1. The molecule has 27 heavy (non-hydrogen) atoms. The standard InChI is InChI=1S/C20H19ClN4O2/c1-3-27-16-7-5-15(6-8-16)23-19(26)18-10-11-22-20(25-18)24-17-9-4-14(21)12-13(17)2/h4-12H,3H2,1-2H3,(H,23,26)(H,22,24,25). The third kappa shape index (κ3) is 4.95. The van der Waals surface area contributed by atoms with Crippen LogP contribution in [0.1, 0.15) is 23.0 Å². The van der Waals surface area contributed by atoms with Gasteiger partial charge in [0.25, 0.3) is 5.91 Å². The molecule has 0 radical (unpaired) electrons. The van der Waals surface area contributed by atoms with Crippen molar-refractivity contribution >= 4 is 34.8 Å². The summed E-state index contributed by atoms with van der Waals surface area (Å²) in [5, 5.41) is 6.57. The van der Waals surface area contributed by atoms with E-state index in [-0.39, 0.29) is 11.6 Å². The van der Waals surface area contributed by atoms with E-state index >= 15 is 0 Å². The number of anilines is 3. The molecule has 0 aliphatic heterocycles. The van der Waals surface area contributed by atoms with Crippen molar-refractivity contribution in [2.45, 2.75) is 13.8 Å². The minimum Gasteiger partial charge on any atom is -0.494 e. The van der Waals surface area contributed by atoms with Gasteiger partial charge in [0.1, 0.15) is 11.4 Å². The molecule has 0 saturated heterocycles. The zero-order valence-corrected chi connectivity index (χ0v) is 15.7. The molecule has 0 unspecified atom stereocenters. The third-order valence-electron chi connectivity index (χ3n) is 3.75. The van der Waals surface area contributed by atoms with Crippen LogP contribution in [-0.4, -0.2) is 22.5 Å². The van der Waals surface area contributed by atoms with Crippen LogP contribution < -0.4 is 15.4 Å². The minimum absolute atomic E-state index is 0.257. The molecule has 0 fully saturated rings. The van der Waals surface area contributed by atoms with Crippen LogP contribution in [0.5, 0.6) is 5.75 Å². The van der Waals surface area contributed by atoms with Gasteiger partial charge in [-0.3, -0.25) is 4.79 Å². The van der Waals surface area contributed by atoms with Gasteiger partial charge in [-0.25, -0.2) is 9.97 Å². The van der Waals surface area contributed by atoms with Crippen LogP contribution in [-0.2, 0) is 0 Å². The molecule has 3 rings (SSSR count). The number of hydrogen-bond acceptors (Lipinski definition) is 5. The highest BCUT2D eigenvalue weighted by Gasteiger charge is 2.10. The van der Waals surface area contributed by atoms with Gasteiger partial charge in [-0.2, -0.15) is 0 Å². The maximum Gasteiger partial charge on any atom is 0.274 e. The Morgan fingerprint density at radius 1 is 1.15 bits per heavy atom. The van der Waals surface area contributed by atoms with Crippen molar-refractivity contribution in [2.75, 3.05) is 17.2 Å². The number of aryl methyl sites for hydroxylation is 1. The summed E-state index contributed by atoms with van der Waals surface area (Å²) >= 11 is 5.97. The molecule has 0 saturated carbocycles. The molecular weight excluding hydrogens is 364 g/mol. The van der Waals surface area contributed by atoms with E-state index in [1.807, 2.05) is 26.0 Å². The molecule has 7 heteroatoms. The van der Waals surface area contributed by atoms with Crippen molar-refractivity contribution in [2.24, 2.45) is 0 Å². The molecule has 138 valence electrons. The topological polar surface area (TPSA) is 76.1 Å². The molecule has 0 bridgehead atoms. The highest BCUT2D eigenvalue weighted by atomic mass is 35.5. The van der Waals surface area contributed by atoms with Crippen LogP contribution in [0.25, 0.3) is 0 Å². The summed E-state index contributed by atoms with van der Waals surface area (Å²) in [5.41, 5.74) is 2.69. The maximum absolute atomic E-state index is 12.5. The lowest BCUT2D eigenvalue weighted by Gasteiger charge is -2.10. The molecule has 2 N–H and O–H groups in total. The lowest BCUT2D eigenvalue weighted by Crippen LogP contribution is -2.14. The van der Waals surface area contributed by atoms with Crippen molar-refractivity contribution in [3.63, 3.8) is 0 Å². The smallest absolute Gasteiger partial charge is 0.274 e. The Labute approximate surface area is 162 Å². The highest BCUT2D eigenvalue weighted by Crippen LogP contribution is 2.22. The van der Waals surface area contributed by atoms with Crippen molar-refractivity contribution in [3.05, 3.63) is 71.0 Å². The molecule has 0 atom stereocenters. The summed E-state index contributed by atoms with van der Waals surface area (Å²) < 4.78 is 5.39. The van der Waals surface area contributed by atoms with Crippen molar-refractivity contribution in [1.29, 1.82) is 0 Å². The quantitative estimate of drug-likeness (QED) is 0.638. The molecule has 6 nitrogen and oxygen atoms in total. The van der Waals surface area contributed by atoms with Crippen LogP contribution in [0.2, 0.25) is 5.02 Å². The summed E-state index contributed by atoms with van der Waals surface area (Å²) in [5.74, 6) is 0.763. The van der Waals surface area contributed by atoms with E-state index in [0.717, 1.165) is 17.0 Å². The maximum atomic E-state index is 12.5. The van der Waals surface area contributed by atoms with Gasteiger partial charge in [-0.1, -0.05) is 11.6 Å². The Bertz CT molecular complexity index is 945. The summed E-state index contributed by atoms with van der Waals surface area (Å²) in [7, 11) is 0. The second-order valence-electron chi connectivity index (χ2n) is 5.76. The number of ether oxygens (including phenoxy) is 1. The number of amides is 1. The summed E-state index contributed by atoms with van der Waals surface area (Å²) in [4.78, 5) is 20.9. The third-order valence-corrected chi connectivity index (χ3v) is 3.98. The summed E-state index contributed by atoms with van der Waals surface area (Å²) in [6.07, 6.45) is 1.54. The van der Waals surface area contributed by atoms with E-state index < -0.39 is 0 Å². The fourth-order valence-corrected chi connectivity index (χ4v) is 2.66. The second-order valence-corrected chi connectivity index (χ2v) is 6.20. The number of nitrogens with one attached hydrogen (secondary N) is 2. The van der Waals surface area contributed by atoms with Crippen LogP contribution in [0.15, 0.2) is 54.7 Å². The molecule has 3 aromatic rings. The normalized spacial score (nSPS) is 10.3. The first kappa shape index (κ1) is 18.7. The van der Waals surface area contributed by atoms with Crippen molar-refractivity contribution in [1.82, 2.24) is 9.97 Å². The minimum atomic E-state index is -0.322. The predicted molar refractivity (Wildman–Crippen MR) is 107 cm³/mol. The average molecular weight is 383 g/mol. The fourth-order valence-electron chi connectivity index (χ4n) is 2.43. The molecule has 0 aliphatic carbocycles. The molecular formula is C20H19ClN4O2. The Hall–Kier alpha value is -3.12. The Morgan fingerprint density at radius 3 is 2.63 bits per heavy atom. The number of benzene rings is 2. The van der Waals surface area contributed by atoms with Gasteiger partial charge in [0, 0.05) is 22.6 Å². The van der Waals surface area contributed by atoms with Gasteiger partial charge < -0.3 is 15.4 Å². The van der Waals surface area contributed by atoms with E-state index in [1.165, 1.54) is 6.20 Å².